The van der Waals surface area contributed by atoms with Gasteiger partial charge in [-0.3, -0.25) is 9.69 Å². The predicted octanol–water partition coefficient (Wildman–Crippen LogP) is 1.82. The van der Waals surface area contributed by atoms with Gasteiger partial charge in [0.05, 0.1) is 25.3 Å². The SMILES string of the molecule is CC(C)C(NC(=O)CN1CCOC(CN(C)C)C1)c1cccs1. The first kappa shape index (κ1) is 18.4. The number of nitrogens with zero attached hydrogens (tertiary/aromatic N) is 2. The van der Waals surface area contributed by atoms with Crippen LogP contribution in [0, 0.1) is 5.92 Å². The normalized spacial score (nSPS) is 20.9. The van der Waals surface area contributed by atoms with E-state index in [1.165, 1.54) is 4.88 Å². The summed E-state index contributed by atoms with van der Waals surface area (Å²) in [6, 6.07) is 4.23. The molecule has 2 unspecified atom stereocenters. The van der Waals surface area contributed by atoms with E-state index in [1.807, 2.05) is 20.2 Å². The molecule has 0 aliphatic carbocycles. The summed E-state index contributed by atoms with van der Waals surface area (Å²) in [5.41, 5.74) is 0. The van der Waals surface area contributed by atoms with Crippen molar-refractivity contribution in [2.24, 2.45) is 5.92 Å². The molecule has 1 aliphatic heterocycles. The van der Waals surface area contributed by atoms with Crippen LogP contribution in [0.4, 0.5) is 0 Å². The van der Waals surface area contributed by atoms with Crippen molar-refractivity contribution in [1.29, 1.82) is 0 Å². The average Bonchev–Trinajstić information content (AvgIpc) is 2.98. The molecule has 2 atom stereocenters. The van der Waals surface area contributed by atoms with Crippen LogP contribution >= 0.6 is 11.3 Å². The molecule has 1 aromatic rings. The summed E-state index contributed by atoms with van der Waals surface area (Å²) in [6.45, 7) is 7.97. The van der Waals surface area contributed by atoms with Crippen LogP contribution in [0.5, 0.6) is 0 Å². The van der Waals surface area contributed by atoms with Crippen molar-refractivity contribution in [1.82, 2.24) is 15.1 Å². The molecule has 0 saturated carbocycles. The van der Waals surface area contributed by atoms with Crippen LogP contribution in [-0.2, 0) is 9.53 Å². The molecule has 0 aromatic carbocycles. The third-order valence-corrected chi connectivity index (χ3v) is 4.95. The summed E-state index contributed by atoms with van der Waals surface area (Å²) in [5.74, 6) is 0.478. The van der Waals surface area contributed by atoms with E-state index in [1.54, 1.807) is 11.3 Å². The molecule has 2 rings (SSSR count). The van der Waals surface area contributed by atoms with Crippen molar-refractivity contribution >= 4 is 17.2 Å². The number of thiophene rings is 1. The Balaban J connectivity index is 1.85. The Bertz CT molecular complexity index is 476. The Morgan fingerprint density at radius 1 is 1.52 bits per heavy atom. The van der Waals surface area contributed by atoms with E-state index in [2.05, 4.69) is 40.4 Å². The van der Waals surface area contributed by atoms with Crippen LogP contribution in [0.2, 0.25) is 0 Å². The highest BCUT2D eigenvalue weighted by molar-refractivity contribution is 7.10. The quantitative estimate of drug-likeness (QED) is 0.823. The van der Waals surface area contributed by atoms with Crippen molar-refractivity contribution in [2.75, 3.05) is 46.9 Å². The van der Waals surface area contributed by atoms with Crippen LogP contribution in [0.25, 0.3) is 0 Å². The van der Waals surface area contributed by atoms with Gasteiger partial charge in [-0.2, -0.15) is 0 Å². The Morgan fingerprint density at radius 3 is 2.91 bits per heavy atom. The zero-order valence-corrected chi connectivity index (χ0v) is 15.4. The summed E-state index contributed by atoms with van der Waals surface area (Å²) >= 11 is 1.70. The van der Waals surface area contributed by atoms with Crippen molar-refractivity contribution in [2.45, 2.75) is 26.0 Å². The minimum Gasteiger partial charge on any atom is -0.374 e. The monoisotopic (exact) mass is 339 g/mol. The first-order valence-corrected chi connectivity index (χ1v) is 9.15. The summed E-state index contributed by atoms with van der Waals surface area (Å²) in [4.78, 5) is 18.0. The van der Waals surface area contributed by atoms with E-state index in [0.717, 1.165) is 19.6 Å². The second-order valence-corrected chi connectivity index (χ2v) is 7.77. The lowest BCUT2D eigenvalue weighted by atomic mass is 10.0. The van der Waals surface area contributed by atoms with E-state index < -0.39 is 0 Å². The molecule has 1 aliphatic rings. The van der Waals surface area contributed by atoms with Crippen molar-refractivity contribution in [3.05, 3.63) is 22.4 Å². The molecule has 1 saturated heterocycles. The Kier molecular flexibility index (Phi) is 7.02. The molecular weight excluding hydrogens is 310 g/mol. The van der Waals surface area contributed by atoms with Crippen molar-refractivity contribution < 1.29 is 9.53 Å². The van der Waals surface area contributed by atoms with E-state index in [-0.39, 0.29) is 18.1 Å². The van der Waals surface area contributed by atoms with Crippen LogP contribution in [0.15, 0.2) is 17.5 Å². The number of amides is 1. The number of likely N-dealkylation sites (N-methyl/N-ethyl adjacent to an activating group) is 1. The maximum absolute atomic E-state index is 12.5. The van der Waals surface area contributed by atoms with Gasteiger partial charge in [-0.05, 0) is 31.5 Å². The minimum atomic E-state index is 0.0983. The summed E-state index contributed by atoms with van der Waals surface area (Å²) in [6.07, 6.45) is 0.185. The molecule has 0 bridgehead atoms. The third-order valence-electron chi connectivity index (χ3n) is 3.99. The predicted molar refractivity (Wildman–Crippen MR) is 94.8 cm³/mol. The molecule has 0 radical (unpaired) electrons. The van der Waals surface area contributed by atoms with Crippen molar-refractivity contribution in [3.8, 4) is 0 Å². The van der Waals surface area contributed by atoms with Crippen LogP contribution in [0.3, 0.4) is 0 Å². The van der Waals surface area contributed by atoms with Gasteiger partial charge in [0.2, 0.25) is 5.91 Å². The molecule has 1 amide bonds. The molecule has 2 heterocycles. The van der Waals surface area contributed by atoms with Gasteiger partial charge in [-0.1, -0.05) is 19.9 Å². The van der Waals surface area contributed by atoms with Gasteiger partial charge in [-0.15, -0.1) is 11.3 Å². The number of morpholine rings is 1. The fourth-order valence-electron chi connectivity index (χ4n) is 2.90. The van der Waals surface area contributed by atoms with Gasteiger partial charge >= 0.3 is 0 Å². The van der Waals surface area contributed by atoms with Gasteiger partial charge in [0.15, 0.2) is 0 Å². The lowest BCUT2D eigenvalue weighted by molar-refractivity contribution is -0.125. The number of rotatable bonds is 7. The molecule has 1 aromatic heterocycles. The number of hydrogen-bond acceptors (Lipinski definition) is 5. The van der Waals surface area contributed by atoms with Crippen LogP contribution < -0.4 is 5.32 Å². The van der Waals surface area contributed by atoms with Gasteiger partial charge in [0.25, 0.3) is 0 Å². The zero-order chi connectivity index (χ0) is 16.8. The molecule has 0 spiro atoms. The van der Waals surface area contributed by atoms with Gasteiger partial charge < -0.3 is 15.0 Å². The first-order valence-electron chi connectivity index (χ1n) is 8.27. The molecule has 6 heteroatoms. The number of nitrogens with one attached hydrogen (secondary N) is 1. The second kappa shape index (κ2) is 8.78. The molecule has 1 fully saturated rings. The van der Waals surface area contributed by atoms with E-state index in [9.17, 15) is 4.79 Å². The molecular formula is C17H29N3O2S. The van der Waals surface area contributed by atoms with Gasteiger partial charge in [0.1, 0.15) is 0 Å². The lowest BCUT2D eigenvalue weighted by Crippen LogP contribution is -2.50. The maximum Gasteiger partial charge on any atom is 0.234 e. The Hall–Kier alpha value is -0.950. The molecule has 5 nitrogen and oxygen atoms in total. The highest BCUT2D eigenvalue weighted by Gasteiger charge is 2.24. The van der Waals surface area contributed by atoms with E-state index in [4.69, 9.17) is 4.74 Å². The average molecular weight is 340 g/mol. The molecule has 130 valence electrons. The van der Waals surface area contributed by atoms with Crippen molar-refractivity contribution in [3.63, 3.8) is 0 Å². The zero-order valence-electron chi connectivity index (χ0n) is 14.6. The largest absolute Gasteiger partial charge is 0.374 e. The number of carbonyl (C=O) groups excluding carboxylic acids is 1. The smallest absolute Gasteiger partial charge is 0.234 e. The van der Waals surface area contributed by atoms with Gasteiger partial charge in [0, 0.05) is 24.5 Å². The highest BCUT2D eigenvalue weighted by atomic mass is 32.1. The first-order chi connectivity index (χ1) is 11.0. The van der Waals surface area contributed by atoms with E-state index >= 15 is 0 Å². The molecule has 23 heavy (non-hydrogen) atoms. The number of ether oxygens (including phenoxy) is 1. The number of carbonyl (C=O) groups is 1. The summed E-state index contributed by atoms with van der Waals surface area (Å²) in [5, 5.41) is 5.26. The summed E-state index contributed by atoms with van der Waals surface area (Å²) in [7, 11) is 4.09. The summed E-state index contributed by atoms with van der Waals surface area (Å²) < 4.78 is 5.77. The Morgan fingerprint density at radius 2 is 2.30 bits per heavy atom. The molecule has 1 N–H and O–H groups in total. The third kappa shape index (κ3) is 5.88. The fourth-order valence-corrected chi connectivity index (χ4v) is 3.85. The Labute approximate surface area is 143 Å². The van der Waals surface area contributed by atoms with Crippen LogP contribution in [-0.4, -0.2) is 68.7 Å². The van der Waals surface area contributed by atoms with E-state index in [0.29, 0.717) is 19.1 Å². The highest BCUT2D eigenvalue weighted by Crippen LogP contribution is 2.25. The topological polar surface area (TPSA) is 44.8 Å². The maximum atomic E-state index is 12.5. The lowest BCUT2D eigenvalue weighted by Gasteiger charge is -2.34. The standard InChI is InChI=1S/C17H29N3O2S/c1-13(2)17(15-6-5-9-23-15)18-16(21)12-20-7-8-22-14(11-20)10-19(3)4/h5-6,9,13-14,17H,7-8,10-12H2,1-4H3,(H,18,21). The number of hydrogen-bond donors (Lipinski definition) is 1. The van der Waals surface area contributed by atoms with Crippen LogP contribution in [0.1, 0.15) is 24.8 Å². The second-order valence-electron chi connectivity index (χ2n) is 6.79. The minimum absolute atomic E-state index is 0.0983. The fraction of sp³-hybridized carbons (Fsp3) is 0.706. The van der Waals surface area contributed by atoms with Gasteiger partial charge in [-0.25, -0.2) is 0 Å².